The van der Waals surface area contributed by atoms with E-state index in [0.29, 0.717) is 19.1 Å². The summed E-state index contributed by atoms with van der Waals surface area (Å²) in [5.41, 5.74) is 5.44. The summed E-state index contributed by atoms with van der Waals surface area (Å²) in [6.45, 7) is 7.06. The zero-order valence-corrected chi connectivity index (χ0v) is 11.7. The second-order valence-corrected chi connectivity index (χ2v) is 4.91. The zero-order valence-electron chi connectivity index (χ0n) is 11.7. The maximum Gasteiger partial charge on any atom is 0.223 e. The molecule has 1 aliphatic rings. The van der Waals surface area contributed by atoms with Gasteiger partial charge < -0.3 is 15.4 Å². The van der Waals surface area contributed by atoms with Crippen LogP contribution >= 0.6 is 0 Å². The van der Waals surface area contributed by atoms with Crippen LogP contribution in [0.5, 0.6) is 0 Å². The zero-order chi connectivity index (χ0) is 13.4. The largest absolute Gasteiger partial charge is 0.376 e. The number of morpholine rings is 1. The highest BCUT2D eigenvalue weighted by molar-refractivity contribution is 5.76. The molecule has 0 radical (unpaired) electrons. The van der Waals surface area contributed by atoms with Gasteiger partial charge in [0.2, 0.25) is 5.91 Å². The van der Waals surface area contributed by atoms with Crippen LogP contribution in [0, 0.1) is 0 Å². The minimum Gasteiger partial charge on any atom is -0.376 e. The monoisotopic (exact) mass is 257 g/mol. The Hall–Kier alpha value is -0.650. The van der Waals surface area contributed by atoms with Crippen LogP contribution in [-0.4, -0.2) is 68.2 Å². The van der Waals surface area contributed by atoms with E-state index in [0.717, 1.165) is 45.6 Å². The van der Waals surface area contributed by atoms with Crippen LogP contribution in [0.2, 0.25) is 0 Å². The van der Waals surface area contributed by atoms with Gasteiger partial charge in [-0.3, -0.25) is 9.69 Å². The highest BCUT2D eigenvalue weighted by Crippen LogP contribution is 2.08. The average molecular weight is 257 g/mol. The average Bonchev–Trinajstić information content (AvgIpc) is 2.42. The highest BCUT2D eigenvalue weighted by Gasteiger charge is 2.19. The molecule has 0 aromatic carbocycles. The third kappa shape index (κ3) is 5.33. The van der Waals surface area contributed by atoms with Crippen LogP contribution in [0.3, 0.4) is 0 Å². The molecule has 106 valence electrons. The molecule has 1 fully saturated rings. The normalized spacial score (nSPS) is 20.9. The van der Waals surface area contributed by atoms with Crippen LogP contribution < -0.4 is 5.73 Å². The lowest BCUT2D eigenvalue weighted by Crippen LogP contribution is -2.43. The van der Waals surface area contributed by atoms with Gasteiger partial charge in [-0.05, 0) is 19.4 Å². The fraction of sp³-hybridized carbons (Fsp3) is 0.923. The number of nitrogens with two attached hydrogens (primary N) is 1. The number of rotatable bonds is 7. The minimum atomic E-state index is 0.211. The van der Waals surface area contributed by atoms with Crippen LogP contribution in [-0.2, 0) is 9.53 Å². The summed E-state index contributed by atoms with van der Waals surface area (Å²) in [5.74, 6) is 0.211. The predicted octanol–water partition coefficient (Wildman–Crippen LogP) is 0.295. The fourth-order valence-electron chi connectivity index (χ4n) is 2.13. The lowest BCUT2D eigenvalue weighted by molar-refractivity contribution is -0.130. The number of hydrogen-bond acceptors (Lipinski definition) is 4. The van der Waals surface area contributed by atoms with E-state index in [1.165, 1.54) is 0 Å². The van der Waals surface area contributed by atoms with Gasteiger partial charge in [0, 0.05) is 39.6 Å². The molecule has 0 aromatic rings. The van der Waals surface area contributed by atoms with Crippen LogP contribution in [0.15, 0.2) is 0 Å². The van der Waals surface area contributed by atoms with Crippen molar-refractivity contribution in [3.63, 3.8) is 0 Å². The predicted molar refractivity (Wildman–Crippen MR) is 72.4 cm³/mol. The maximum absolute atomic E-state index is 11.9. The van der Waals surface area contributed by atoms with Gasteiger partial charge in [-0.2, -0.15) is 0 Å². The summed E-state index contributed by atoms with van der Waals surface area (Å²) in [7, 11) is 1.85. The van der Waals surface area contributed by atoms with Crippen molar-refractivity contribution in [2.24, 2.45) is 5.73 Å². The molecule has 0 saturated carbocycles. The van der Waals surface area contributed by atoms with Crippen LogP contribution in [0.1, 0.15) is 26.2 Å². The molecule has 0 aliphatic carbocycles. The Morgan fingerprint density at radius 1 is 1.56 bits per heavy atom. The van der Waals surface area contributed by atoms with E-state index in [1.54, 1.807) is 4.90 Å². The van der Waals surface area contributed by atoms with Gasteiger partial charge in [-0.15, -0.1) is 0 Å². The van der Waals surface area contributed by atoms with E-state index in [2.05, 4.69) is 11.8 Å². The summed E-state index contributed by atoms with van der Waals surface area (Å²) < 4.78 is 5.61. The molecule has 18 heavy (non-hydrogen) atoms. The van der Waals surface area contributed by atoms with Crippen molar-refractivity contribution in [1.82, 2.24) is 9.80 Å². The van der Waals surface area contributed by atoms with Crippen LogP contribution in [0.25, 0.3) is 0 Å². The van der Waals surface area contributed by atoms with E-state index in [9.17, 15) is 4.79 Å². The lowest BCUT2D eigenvalue weighted by atomic mass is 10.2. The number of ether oxygens (including phenoxy) is 1. The Labute approximate surface area is 110 Å². The van der Waals surface area contributed by atoms with Crippen molar-refractivity contribution < 1.29 is 9.53 Å². The molecule has 1 atom stereocenters. The summed E-state index contributed by atoms with van der Waals surface area (Å²) in [5, 5.41) is 0. The second-order valence-electron chi connectivity index (χ2n) is 4.91. The first-order valence-corrected chi connectivity index (χ1v) is 6.95. The Balaban J connectivity index is 2.21. The van der Waals surface area contributed by atoms with E-state index < -0.39 is 0 Å². The van der Waals surface area contributed by atoms with Crippen molar-refractivity contribution in [3.05, 3.63) is 0 Å². The summed E-state index contributed by atoms with van der Waals surface area (Å²) in [4.78, 5) is 16.0. The molecule has 1 saturated heterocycles. The quantitative estimate of drug-likeness (QED) is 0.712. The smallest absolute Gasteiger partial charge is 0.223 e. The number of carbonyl (C=O) groups excluding carboxylic acids is 1. The van der Waals surface area contributed by atoms with Crippen molar-refractivity contribution in [1.29, 1.82) is 0 Å². The number of hydrogen-bond donors (Lipinski definition) is 1. The van der Waals surface area contributed by atoms with Crippen molar-refractivity contribution >= 4 is 5.91 Å². The Kier molecular flexibility index (Phi) is 7.23. The third-order valence-corrected chi connectivity index (χ3v) is 3.44. The summed E-state index contributed by atoms with van der Waals surface area (Å²) >= 11 is 0. The van der Waals surface area contributed by atoms with Crippen molar-refractivity contribution in [3.8, 4) is 0 Å². The van der Waals surface area contributed by atoms with Gasteiger partial charge in [0.25, 0.3) is 0 Å². The molecule has 1 amide bonds. The highest BCUT2D eigenvalue weighted by atomic mass is 16.5. The van der Waals surface area contributed by atoms with E-state index in [4.69, 9.17) is 10.5 Å². The summed E-state index contributed by atoms with van der Waals surface area (Å²) in [6, 6.07) is 0. The van der Waals surface area contributed by atoms with Gasteiger partial charge in [-0.25, -0.2) is 0 Å². The number of nitrogens with zero attached hydrogens (tertiary/aromatic N) is 2. The van der Waals surface area contributed by atoms with Crippen molar-refractivity contribution in [2.45, 2.75) is 32.3 Å². The molecule has 1 heterocycles. The Morgan fingerprint density at radius 3 is 3.00 bits per heavy atom. The van der Waals surface area contributed by atoms with Gasteiger partial charge >= 0.3 is 0 Å². The van der Waals surface area contributed by atoms with Gasteiger partial charge in [0.1, 0.15) is 0 Å². The molecule has 1 rings (SSSR count). The molecule has 5 nitrogen and oxygen atoms in total. The Bertz CT molecular complexity index is 248. The fourth-order valence-corrected chi connectivity index (χ4v) is 2.13. The molecule has 0 aromatic heterocycles. The third-order valence-electron chi connectivity index (χ3n) is 3.44. The molecule has 0 spiro atoms. The standard InChI is InChI=1S/C13H27N3O2/c1-3-12-11-16(9-10-18-12)8-5-13(17)15(2)7-4-6-14/h12H,3-11,14H2,1-2H3. The molecule has 2 N–H and O–H groups in total. The number of carbonyl (C=O) groups is 1. The van der Waals surface area contributed by atoms with Crippen LogP contribution in [0.4, 0.5) is 0 Å². The molecule has 1 aliphatic heterocycles. The van der Waals surface area contributed by atoms with Gasteiger partial charge in [0.15, 0.2) is 0 Å². The molecule has 0 bridgehead atoms. The topological polar surface area (TPSA) is 58.8 Å². The first kappa shape index (κ1) is 15.4. The minimum absolute atomic E-state index is 0.211. The molecule has 1 unspecified atom stereocenters. The maximum atomic E-state index is 11.9. The van der Waals surface area contributed by atoms with Crippen molar-refractivity contribution in [2.75, 3.05) is 46.4 Å². The SMILES string of the molecule is CCC1CN(CCC(=O)N(C)CCCN)CCO1. The molecular weight excluding hydrogens is 230 g/mol. The molecule has 5 heteroatoms. The van der Waals surface area contributed by atoms with Gasteiger partial charge in [0.05, 0.1) is 12.7 Å². The summed E-state index contributed by atoms with van der Waals surface area (Å²) in [6.07, 6.45) is 2.85. The van der Waals surface area contributed by atoms with E-state index >= 15 is 0 Å². The van der Waals surface area contributed by atoms with E-state index in [-0.39, 0.29) is 5.91 Å². The first-order valence-electron chi connectivity index (χ1n) is 6.95. The lowest BCUT2D eigenvalue weighted by Gasteiger charge is -2.32. The Morgan fingerprint density at radius 2 is 2.33 bits per heavy atom. The first-order chi connectivity index (χ1) is 8.67. The van der Waals surface area contributed by atoms with E-state index in [1.807, 2.05) is 7.05 Å². The number of amides is 1. The van der Waals surface area contributed by atoms with Gasteiger partial charge in [-0.1, -0.05) is 6.92 Å². The second kappa shape index (κ2) is 8.45. The molecular formula is C13H27N3O2.